The van der Waals surface area contributed by atoms with Crippen LogP contribution in [0.25, 0.3) is 0 Å². The topological polar surface area (TPSA) is 35.2 Å². The van der Waals surface area contributed by atoms with E-state index < -0.39 is 0 Å². The molecule has 0 aromatic heterocycles. The van der Waals surface area contributed by atoms with Crippen LogP contribution in [0.1, 0.15) is 32.3 Å². The molecule has 0 radical (unpaired) electrons. The molecule has 17 heavy (non-hydrogen) atoms. The second-order valence-corrected chi connectivity index (χ2v) is 5.23. The van der Waals surface area contributed by atoms with Crippen molar-refractivity contribution in [3.8, 4) is 5.75 Å². The summed E-state index contributed by atoms with van der Waals surface area (Å²) in [6, 6.07) is 4.83. The summed E-state index contributed by atoms with van der Waals surface area (Å²) in [6.07, 6.45) is 1.99. The molecule has 0 amide bonds. The van der Waals surface area contributed by atoms with Gasteiger partial charge in [0.05, 0.1) is 6.61 Å². The highest BCUT2D eigenvalue weighted by Gasteiger charge is 2.14. The highest BCUT2D eigenvalue weighted by molar-refractivity contribution is 5.28. The van der Waals surface area contributed by atoms with Crippen molar-refractivity contribution in [1.29, 1.82) is 0 Å². The first-order valence-electron chi connectivity index (χ1n) is 6.04. The quantitative estimate of drug-likeness (QED) is 0.773. The molecule has 1 aromatic carbocycles. The van der Waals surface area contributed by atoms with Crippen LogP contribution >= 0.6 is 0 Å². The zero-order chi connectivity index (χ0) is 12.9. The second-order valence-electron chi connectivity index (χ2n) is 5.23. The maximum Gasteiger partial charge on any atom is 0.126 e. The van der Waals surface area contributed by atoms with E-state index in [-0.39, 0.29) is 11.2 Å². The van der Waals surface area contributed by atoms with Crippen molar-refractivity contribution in [2.24, 2.45) is 11.1 Å². The van der Waals surface area contributed by atoms with Gasteiger partial charge < -0.3 is 10.5 Å². The van der Waals surface area contributed by atoms with Crippen LogP contribution in [0.5, 0.6) is 5.75 Å². The predicted molar refractivity (Wildman–Crippen MR) is 68.7 cm³/mol. The Labute approximate surface area is 103 Å². The largest absolute Gasteiger partial charge is 0.494 e. The van der Waals surface area contributed by atoms with Gasteiger partial charge in [-0.3, -0.25) is 0 Å². The summed E-state index contributed by atoms with van der Waals surface area (Å²) in [5.74, 6) is 0.538. The zero-order valence-electron chi connectivity index (χ0n) is 10.9. The summed E-state index contributed by atoms with van der Waals surface area (Å²) in [5, 5.41) is 0. The number of hydrogen-bond acceptors (Lipinski definition) is 2. The molecule has 3 heteroatoms. The average Bonchev–Trinajstić information content (AvgIpc) is 2.29. The smallest absolute Gasteiger partial charge is 0.126 e. The lowest BCUT2D eigenvalue weighted by Gasteiger charge is -2.21. The van der Waals surface area contributed by atoms with E-state index in [9.17, 15) is 4.39 Å². The van der Waals surface area contributed by atoms with E-state index in [1.807, 2.05) is 0 Å². The van der Waals surface area contributed by atoms with Crippen LogP contribution in [-0.2, 0) is 0 Å². The Morgan fingerprint density at radius 1 is 1.35 bits per heavy atom. The van der Waals surface area contributed by atoms with Crippen molar-refractivity contribution in [3.05, 3.63) is 29.6 Å². The van der Waals surface area contributed by atoms with Crippen LogP contribution in [-0.4, -0.2) is 13.2 Å². The van der Waals surface area contributed by atoms with Crippen molar-refractivity contribution in [2.75, 3.05) is 13.2 Å². The van der Waals surface area contributed by atoms with Gasteiger partial charge in [0.25, 0.3) is 0 Å². The fourth-order valence-electron chi connectivity index (χ4n) is 1.55. The second kappa shape index (κ2) is 6.01. The third-order valence-corrected chi connectivity index (χ3v) is 2.95. The molecule has 0 heterocycles. The van der Waals surface area contributed by atoms with Gasteiger partial charge in [0.1, 0.15) is 11.6 Å². The van der Waals surface area contributed by atoms with Crippen molar-refractivity contribution in [1.82, 2.24) is 0 Å². The Hall–Kier alpha value is -1.09. The minimum absolute atomic E-state index is 0.169. The van der Waals surface area contributed by atoms with E-state index in [1.54, 1.807) is 19.1 Å². The molecule has 0 aliphatic carbocycles. The number of nitrogens with two attached hydrogens (primary N) is 1. The van der Waals surface area contributed by atoms with Crippen molar-refractivity contribution in [2.45, 2.75) is 33.6 Å². The molecule has 0 aliphatic rings. The Morgan fingerprint density at radius 2 is 2.06 bits per heavy atom. The molecule has 1 rings (SSSR count). The van der Waals surface area contributed by atoms with Crippen LogP contribution in [0.15, 0.2) is 18.2 Å². The minimum Gasteiger partial charge on any atom is -0.494 e. The zero-order valence-corrected chi connectivity index (χ0v) is 10.9. The number of hydrogen-bond donors (Lipinski definition) is 1. The highest BCUT2D eigenvalue weighted by Crippen LogP contribution is 2.21. The molecule has 0 bridgehead atoms. The van der Waals surface area contributed by atoms with Gasteiger partial charge in [-0.25, -0.2) is 4.39 Å². The van der Waals surface area contributed by atoms with E-state index in [0.29, 0.717) is 18.7 Å². The standard InChI is InChI=1S/C14H22FNO/c1-11-9-12(5-6-13(11)15)17-8-4-7-14(2,3)10-16/h5-6,9H,4,7-8,10,16H2,1-3H3. The van der Waals surface area contributed by atoms with Crippen LogP contribution in [0.2, 0.25) is 0 Å². The van der Waals surface area contributed by atoms with Crippen LogP contribution in [0.4, 0.5) is 4.39 Å². The molecule has 96 valence electrons. The van der Waals surface area contributed by atoms with Crippen molar-refractivity contribution >= 4 is 0 Å². The Kier molecular flexibility index (Phi) is 4.94. The number of rotatable bonds is 6. The SMILES string of the molecule is Cc1cc(OCCCC(C)(C)CN)ccc1F. The first-order chi connectivity index (χ1) is 7.94. The van der Waals surface area contributed by atoms with Gasteiger partial charge >= 0.3 is 0 Å². The number of aryl methyl sites for hydroxylation is 1. The fourth-order valence-corrected chi connectivity index (χ4v) is 1.55. The van der Waals surface area contributed by atoms with Crippen LogP contribution in [0.3, 0.4) is 0 Å². The van der Waals surface area contributed by atoms with Gasteiger partial charge in [-0.15, -0.1) is 0 Å². The summed E-state index contributed by atoms with van der Waals surface area (Å²) < 4.78 is 18.6. The van der Waals surface area contributed by atoms with Gasteiger partial charge in [-0.1, -0.05) is 13.8 Å². The van der Waals surface area contributed by atoms with Gasteiger partial charge in [-0.2, -0.15) is 0 Å². The van der Waals surface area contributed by atoms with Crippen molar-refractivity contribution < 1.29 is 9.13 Å². The Morgan fingerprint density at radius 3 is 2.65 bits per heavy atom. The molecule has 1 aromatic rings. The van der Waals surface area contributed by atoms with E-state index >= 15 is 0 Å². The molecular formula is C14H22FNO. The third kappa shape index (κ3) is 4.73. The van der Waals surface area contributed by atoms with Crippen molar-refractivity contribution in [3.63, 3.8) is 0 Å². The summed E-state index contributed by atoms with van der Waals surface area (Å²) in [7, 11) is 0. The summed E-state index contributed by atoms with van der Waals surface area (Å²) in [5.41, 5.74) is 6.44. The van der Waals surface area contributed by atoms with E-state index in [2.05, 4.69) is 13.8 Å². The van der Waals surface area contributed by atoms with Gasteiger partial charge in [0.15, 0.2) is 0 Å². The van der Waals surface area contributed by atoms with Crippen LogP contribution in [0, 0.1) is 18.2 Å². The first kappa shape index (κ1) is 14.0. The normalized spacial score (nSPS) is 11.6. The molecule has 2 N–H and O–H groups in total. The molecule has 0 unspecified atom stereocenters. The lowest BCUT2D eigenvalue weighted by Crippen LogP contribution is -2.23. The highest BCUT2D eigenvalue weighted by atomic mass is 19.1. The predicted octanol–water partition coefficient (Wildman–Crippen LogP) is 3.28. The minimum atomic E-state index is -0.193. The molecule has 0 saturated heterocycles. The fraction of sp³-hybridized carbons (Fsp3) is 0.571. The number of ether oxygens (including phenoxy) is 1. The first-order valence-corrected chi connectivity index (χ1v) is 6.04. The maximum absolute atomic E-state index is 13.0. The van der Waals surface area contributed by atoms with E-state index in [4.69, 9.17) is 10.5 Å². The molecule has 0 fully saturated rings. The monoisotopic (exact) mass is 239 g/mol. The molecule has 0 spiro atoms. The molecular weight excluding hydrogens is 217 g/mol. The average molecular weight is 239 g/mol. The van der Waals surface area contributed by atoms with Gasteiger partial charge in [0.2, 0.25) is 0 Å². The van der Waals surface area contributed by atoms with E-state index in [1.165, 1.54) is 6.07 Å². The number of halogens is 1. The Bertz CT molecular complexity index is 363. The summed E-state index contributed by atoms with van der Waals surface area (Å²) in [6.45, 7) is 7.36. The summed E-state index contributed by atoms with van der Waals surface area (Å²) in [4.78, 5) is 0. The summed E-state index contributed by atoms with van der Waals surface area (Å²) >= 11 is 0. The van der Waals surface area contributed by atoms with Crippen LogP contribution < -0.4 is 10.5 Å². The molecule has 0 saturated carbocycles. The number of benzene rings is 1. The van der Waals surface area contributed by atoms with E-state index in [0.717, 1.165) is 18.6 Å². The maximum atomic E-state index is 13.0. The third-order valence-electron chi connectivity index (χ3n) is 2.95. The molecule has 0 aliphatic heterocycles. The van der Waals surface area contributed by atoms with Gasteiger partial charge in [0, 0.05) is 0 Å². The van der Waals surface area contributed by atoms with Gasteiger partial charge in [-0.05, 0) is 55.5 Å². The Balaban J connectivity index is 2.34. The lowest BCUT2D eigenvalue weighted by atomic mass is 9.88. The lowest BCUT2D eigenvalue weighted by molar-refractivity contribution is 0.260. The molecule has 0 atom stereocenters. The molecule has 2 nitrogen and oxygen atoms in total.